The maximum atomic E-state index is 13.1. The van der Waals surface area contributed by atoms with Crippen LogP contribution in [0.15, 0.2) is 60.3 Å². The number of carbonyl (C=O) groups excluding carboxylic acids is 1. The van der Waals surface area contributed by atoms with Crippen LogP contribution in [-0.4, -0.2) is 36.8 Å². The summed E-state index contributed by atoms with van der Waals surface area (Å²) in [5.74, 6) is -0.171. The van der Waals surface area contributed by atoms with Crippen LogP contribution in [0.25, 0.3) is 0 Å². The molecular formula is C23H22ClF3N2O3. The Balaban J connectivity index is 1.65. The van der Waals surface area contributed by atoms with Crippen molar-refractivity contribution in [2.75, 3.05) is 19.7 Å². The first-order valence-corrected chi connectivity index (χ1v) is 10.5. The molecule has 0 radical (unpaired) electrons. The van der Waals surface area contributed by atoms with E-state index in [9.17, 15) is 18.0 Å². The Hall–Kier alpha value is -2.55. The lowest BCUT2D eigenvalue weighted by molar-refractivity contribution is -0.245. The molecule has 2 aliphatic rings. The highest BCUT2D eigenvalue weighted by molar-refractivity contribution is 6.31. The van der Waals surface area contributed by atoms with Crippen LogP contribution in [0.5, 0.6) is 0 Å². The van der Waals surface area contributed by atoms with Gasteiger partial charge in [0, 0.05) is 23.3 Å². The zero-order valence-corrected chi connectivity index (χ0v) is 18.0. The summed E-state index contributed by atoms with van der Waals surface area (Å²) in [6, 6.07) is 12.7. The molecule has 0 saturated carbocycles. The molecule has 0 bridgehead atoms. The highest BCUT2D eigenvalue weighted by Crippen LogP contribution is 2.40. The number of morpholine rings is 1. The first kappa shape index (κ1) is 22.6. The molecular weight excluding hydrogens is 445 g/mol. The Morgan fingerprint density at radius 2 is 2.00 bits per heavy atom. The fourth-order valence-corrected chi connectivity index (χ4v) is 4.30. The number of rotatable bonds is 5. The van der Waals surface area contributed by atoms with Gasteiger partial charge in [-0.15, -0.1) is 0 Å². The number of benzene rings is 2. The lowest BCUT2D eigenvalue weighted by Crippen LogP contribution is -2.58. The van der Waals surface area contributed by atoms with Crippen LogP contribution in [0.3, 0.4) is 0 Å². The first-order valence-electron chi connectivity index (χ1n) is 10.1. The molecule has 0 spiro atoms. The van der Waals surface area contributed by atoms with Gasteiger partial charge in [-0.05, 0) is 36.2 Å². The quantitative estimate of drug-likeness (QED) is 0.706. The van der Waals surface area contributed by atoms with Gasteiger partial charge in [0.15, 0.2) is 6.29 Å². The Morgan fingerprint density at radius 3 is 2.66 bits per heavy atom. The molecule has 1 fully saturated rings. The molecule has 2 aromatic carbocycles. The van der Waals surface area contributed by atoms with Gasteiger partial charge in [0.25, 0.3) is 0 Å². The molecule has 0 unspecified atom stereocenters. The van der Waals surface area contributed by atoms with E-state index >= 15 is 0 Å². The van der Waals surface area contributed by atoms with Gasteiger partial charge in [0.05, 0.1) is 25.3 Å². The number of hydrogen-bond donors (Lipinski definition) is 1. The third kappa shape index (κ3) is 4.35. The average molecular weight is 467 g/mol. The van der Waals surface area contributed by atoms with Gasteiger partial charge in [0.2, 0.25) is 5.91 Å². The van der Waals surface area contributed by atoms with E-state index in [1.54, 1.807) is 6.08 Å². The summed E-state index contributed by atoms with van der Waals surface area (Å²) < 4.78 is 51.4. The van der Waals surface area contributed by atoms with Crippen LogP contribution < -0.4 is 5.32 Å². The van der Waals surface area contributed by atoms with Crippen molar-refractivity contribution in [2.45, 2.75) is 31.5 Å². The van der Waals surface area contributed by atoms with Crippen molar-refractivity contribution in [3.05, 3.63) is 82.0 Å². The smallest absolute Gasteiger partial charge is 0.357 e. The minimum absolute atomic E-state index is 0.167. The SMILES string of the molecule is C[C@]1(c2ccccc2)[C@@H](OCc2cc(C(F)(F)F)ccc2Cl)OCCN1C1=CC(=O)NC1. The van der Waals surface area contributed by atoms with Crippen LogP contribution in [0.4, 0.5) is 13.2 Å². The van der Waals surface area contributed by atoms with Crippen molar-refractivity contribution in [3.8, 4) is 0 Å². The topological polar surface area (TPSA) is 50.8 Å². The third-order valence-electron chi connectivity index (χ3n) is 5.81. The number of halogens is 4. The molecule has 1 N–H and O–H groups in total. The maximum Gasteiger partial charge on any atom is 0.416 e. The molecule has 1 amide bonds. The number of carbonyl (C=O) groups is 1. The second-order valence-corrected chi connectivity index (χ2v) is 8.24. The standard InChI is InChI=1S/C23H22ClF3N2O3/c1-22(16-5-3-2-4-6-16)21(31-10-9-29(22)18-12-20(30)28-13-18)32-14-15-11-17(23(25,26)27)7-8-19(15)24/h2-8,11-12,21H,9-10,13-14H2,1H3,(H,28,30)/t21-,22+/m1/s1. The summed E-state index contributed by atoms with van der Waals surface area (Å²) >= 11 is 6.15. The summed E-state index contributed by atoms with van der Waals surface area (Å²) in [7, 11) is 0. The highest BCUT2D eigenvalue weighted by Gasteiger charge is 2.47. The molecule has 0 aliphatic carbocycles. The van der Waals surface area contributed by atoms with Gasteiger partial charge in [-0.25, -0.2) is 0 Å². The zero-order valence-electron chi connectivity index (χ0n) is 17.3. The number of nitrogens with one attached hydrogen (secondary N) is 1. The van der Waals surface area contributed by atoms with E-state index in [1.165, 1.54) is 6.07 Å². The van der Waals surface area contributed by atoms with Gasteiger partial charge in [-0.1, -0.05) is 41.9 Å². The normalized spacial score (nSPS) is 23.8. The number of nitrogens with zero attached hydrogens (tertiary/aromatic N) is 1. The Morgan fingerprint density at radius 1 is 1.25 bits per heavy atom. The van der Waals surface area contributed by atoms with Crippen LogP contribution in [0.2, 0.25) is 5.02 Å². The molecule has 1 saturated heterocycles. The zero-order chi connectivity index (χ0) is 22.9. The lowest BCUT2D eigenvalue weighted by Gasteiger charge is -2.51. The Bertz CT molecular complexity index is 1030. The summed E-state index contributed by atoms with van der Waals surface area (Å²) in [6.07, 6.45) is -3.75. The fraction of sp³-hybridized carbons (Fsp3) is 0.348. The Labute approximate surface area is 188 Å². The van der Waals surface area contributed by atoms with Crippen molar-refractivity contribution in [1.29, 1.82) is 0 Å². The predicted molar refractivity (Wildman–Crippen MR) is 113 cm³/mol. The van der Waals surface area contributed by atoms with Crippen molar-refractivity contribution in [3.63, 3.8) is 0 Å². The van der Waals surface area contributed by atoms with Gasteiger partial charge in [0.1, 0.15) is 5.54 Å². The van der Waals surface area contributed by atoms with E-state index in [4.69, 9.17) is 21.1 Å². The minimum atomic E-state index is -4.48. The van der Waals surface area contributed by atoms with Crippen molar-refractivity contribution in [1.82, 2.24) is 10.2 Å². The molecule has 170 valence electrons. The van der Waals surface area contributed by atoms with Crippen LogP contribution in [0.1, 0.15) is 23.6 Å². The second-order valence-electron chi connectivity index (χ2n) is 7.84. The lowest BCUT2D eigenvalue weighted by atomic mass is 9.87. The third-order valence-corrected chi connectivity index (χ3v) is 6.18. The number of amides is 1. The molecule has 2 aliphatic heterocycles. The van der Waals surface area contributed by atoms with Gasteiger partial charge >= 0.3 is 6.18 Å². The molecule has 2 aromatic rings. The Kier molecular flexibility index (Phi) is 6.20. The monoisotopic (exact) mass is 466 g/mol. The fourth-order valence-electron chi connectivity index (χ4n) is 4.12. The molecule has 0 aromatic heterocycles. The molecule has 2 heterocycles. The van der Waals surface area contributed by atoms with E-state index < -0.39 is 23.6 Å². The largest absolute Gasteiger partial charge is 0.416 e. The number of ether oxygens (including phenoxy) is 2. The summed E-state index contributed by atoms with van der Waals surface area (Å²) in [6.45, 7) is 3.00. The van der Waals surface area contributed by atoms with Gasteiger partial charge in [-0.3, -0.25) is 4.79 Å². The molecule has 32 heavy (non-hydrogen) atoms. The molecule has 9 heteroatoms. The average Bonchev–Trinajstić information content (AvgIpc) is 3.19. The number of hydrogen-bond acceptors (Lipinski definition) is 4. The second kappa shape index (κ2) is 8.77. The van der Waals surface area contributed by atoms with Crippen LogP contribution in [0, 0.1) is 0 Å². The van der Waals surface area contributed by atoms with E-state index in [-0.39, 0.29) is 23.1 Å². The summed E-state index contributed by atoms with van der Waals surface area (Å²) in [5, 5.41) is 2.96. The number of alkyl halides is 3. The maximum absolute atomic E-state index is 13.1. The summed E-state index contributed by atoms with van der Waals surface area (Å²) in [5.41, 5.74) is 0.286. The van der Waals surface area contributed by atoms with Crippen molar-refractivity contribution < 1.29 is 27.4 Å². The predicted octanol–water partition coefficient (Wildman–Crippen LogP) is 4.46. The van der Waals surface area contributed by atoms with Gasteiger partial charge < -0.3 is 19.7 Å². The minimum Gasteiger partial charge on any atom is -0.357 e. The van der Waals surface area contributed by atoms with E-state index in [0.717, 1.165) is 23.4 Å². The summed E-state index contributed by atoms with van der Waals surface area (Å²) in [4.78, 5) is 13.9. The molecule has 5 nitrogen and oxygen atoms in total. The van der Waals surface area contributed by atoms with Crippen molar-refractivity contribution >= 4 is 17.5 Å². The van der Waals surface area contributed by atoms with E-state index in [1.807, 2.05) is 37.3 Å². The molecule has 4 rings (SSSR count). The van der Waals surface area contributed by atoms with E-state index in [2.05, 4.69) is 10.2 Å². The van der Waals surface area contributed by atoms with Crippen LogP contribution >= 0.6 is 11.6 Å². The molecule has 2 atom stereocenters. The highest BCUT2D eigenvalue weighted by atomic mass is 35.5. The van der Waals surface area contributed by atoms with E-state index in [0.29, 0.717) is 19.7 Å². The van der Waals surface area contributed by atoms with Crippen molar-refractivity contribution in [2.24, 2.45) is 0 Å². The van der Waals surface area contributed by atoms with Crippen LogP contribution in [-0.2, 0) is 32.6 Å². The first-order chi connectivity index (χ1) is 15.2. The van der Waals surface area contributed by atoms with Gasteiger partial charge in [-0.2, -0.15) is 13.2 Å².